The summed E-state index contributed by atoms with van der Waals surface area (Å²) in [7, 11) is 2.21. The smallest absolute Gasteiger partial charge is 0.240 e. The number of hydrogen-bond donors (Lipinski definition) is 0. The minimum absolute atomic E-state index is 0.348. The van der Waals surface area contributed by atoms with Gasteiger partial charge in [0.15, 0.2) is 5.82 Å². The fourth-order valence-electron chi connectivity index (χ4n) is 5.15. The topological polar surface area (TPSA) is 45.4 Å². The van der Waals surface area contributed by atoms with Crippen LogP contribution >= 0.6 is 0 Å². The molecule has 2 aliphatic rings. The number of nitrogens with zero attached hydrogens (tertiary/aromatic N) is 4. The van der Waals surface area contributed by atoms with Gasteiger partial charge in [0, 0.05) is 18.5 Å². The molecule has 2 fully saturated rings. The number of likely N-dealkylation sites (tertiary alicyclic amines) is 1. The van der Waals surface area contributed by atoms with E-state index in [2.05, 4.69) is 39.1 Å². The van der Waals surface area contributed by atoms with Crippen molar-refractivity contribution < 1.29 is 4.52 Å². The summed E-state index contributed by atoms with van der Waals surface area (Å²) in [6, 6.07) is 10.3. The molecule has 1 aliphatic carbocycles. The van der Waals surface area contributed by atoms with Crippen LogP contribution in [-0.2, 0) is 13.0 Å². The van der Waals surface area contributed by atoms with Crippen LogP contribution in [0.2, 0.25) is 0 Å². The van der Waals surface area contributed by atoms with E-state index in [9.17, 15) is 0 Å². The van der Waals surface area contributed by atoms with Crippen LogP contribution in [0.5, 0.6) is 0 Å². The molecule has 1 saturated carbocycles. The summed E-state index contributed by atoms with van der Waals surface area (Å²) >= 11 is 0. The second-order valence-corrected chi connectivity index (χ2v) is 8.77. The fraction of sp³-hybridized carbons (Fsp3) is 0.652. The monoisotopic (exact) mass is 382 g/mol. The summed E-state index contributed by atoms with van der Waals surface area (Å²) in [6.07, 6.45) is 11.6. The fourth-order valence-corrected chi connectivity index (χ4v) is 5.15. The molecule has 0 bridgehead atoms. The summed E-state index contributed by atoms with van der Waals surface area (Å²) in [5.41, 5.74) is 1.56. The predicted octanol–water partition coefficient (Wildman–Crippen LogP) is 4.28. The number of aromatic nitrogens is 2. The maximum absolute atomic E-state index is 5.56. The lowest BCUT2D eigenvalue weighted by Gasteiger charge is -2.49. The highest BCUT2D eigenvalue weighted by atomic mass is 16.5. The van der Waals surface area contributed by atoms with Crippen LogP contribution in [-0.4, -0.2) is 52.2 Å². The molecule has 1 aromatic carbocycles. The van der Waals surface area contributed by atoms with Crippen LogP contribution < -0.4 is 0 Å². The van der Waals surface area contributed by atoms with Gasteiger partial charge in [-0.15, -0.1) is 0 Å². The lowest BCUT2D eigenvalue weighted by Crippen LogP contribution is -2.57. The van der Waals surface area contributed by atoms with Gasteiger partial charge in [-0.3, -0.25) is 9.80 Å². The van der Waals surface area contributed by atoms with Crippen molar-refractivity contribution in [1.29, 1.82) is 0 Å². The van der Waals surface area contributed by atoms with E-state index in [1.54, 1.807) is 0 Å². The maximum Gasteiger partial charge on any atom is 0.240 e. The number of hydrogen-bond acceptors (Lipinski definition) is 5. The predicted molar refractivity (Wildman–Crippen MR) is 111 cm³/mol. The normalized spacial score (nSPS) is 20.5. The first-order valence-corrected chi connectivity index (χ1v) is 11.0. The second-order valence-electron chi connectivity index (χ2n) is 8.77. The first-order valence-electron chi connectivity index (χ1n) is 11.0. The Kier molecular flexibility index (Phi) is 6.43. The van der Waals surface area contributed by atoms with Crippen LogP contribution in [0, 0.1) is 0 Å². The van der Waals surface area contributed by atoms with E-state index in [0.717, 1.165) is 31.2 Å². The van der Waals surface area contributed by atoms with E-state index in [-0.39, 0.29) is 0 Å². The van der Waals surface area contributed by atoms with Crippen LogP contribution in [0.1, 0.15) is 68.6 Å². The van der Waals surface area contributed by atoms with E-state index in [0.29, 0.717) is 5.54 Å². The molecular formula is C23H34N4O. The van der Waals surface area contributed by atoms with Gasteiger partial charge in [-0.2, -0.15) is 4.98 Å². The molecule has 5 nitrogen and oxygen atoms in total. The quantitative estimate of drug-likeness (QED) is 0.715. The van der Waals surface area contributed by atoms with Gasteiger partial charge in [-0.05, 0) is 51.4 Å². The van der Waals surface area contributed by atoms with Gasteiger partial charge in [0.25, 0.3) is 0 Å². The lowest BCUT2D eigenvalue weighted by molar-refractivity contribution is 0.00619. The van der Waals surface area contributed by atoms with Crippen LogP contribution in [0.3, 0.4) is 0 Å². The number of benzene rings is 1. The standard InChI is InChI=1S/C23H34N4O/c1-26(18-22-24-21(25-28-22)17-20-11-5-2-6-12-20)19-23(13-7-3-8-14-23)27-15-9-4-10-16-27/h2,5-6,11-12H,3-4,7-10,13-19H2,1H3. The van der Waals surface area contributed by atoms with E-state index < -0.39 is 0 Å². The molecule has 5 heteroatoms. The van der Waals surface area contributed by atoms with Gasteiger partial charge < -0.3 is 4.52 Å². The van der Waals surface area contributed by atoms with Crippen LogP contribution in [0.4, 0.5) is 0 Å². The van der Waals surface area contributed by atoms with Crippen molar-refractivity contribution in [3.8, 4) is 0 Å². The van der Waals surface area contributed by atoms with Gasteiger partial charge in [-0.25, -0.2) is 0 Å². The van der Waals surface area contributed by atoms with Crippen molar-refractivity contribution in [1.82, 2.24) is 19.9 Å². The Morgan fingerprint density at radius 2 is 1.71 bits per heavy atom. The summed E-state index contributed by atoms with van der Waals surface area (Å²) < 4.78 is 5.56. The first kappa shape index (κ1) is 19.6. The number of rotatable bonds is 7. The Bertz CT molecular complexity index is 717. The molecule has 1 saturated heterocycles. The van der Waals surface area contributed by atoms with Gasteiger partial charge >= 0.3 is 0 Å². The van der Waals surface area contributed by atoms with Crippen molar-refractivity contribution >= 4 is 0 Å². The van der Waals surface area contributed by atoms with E-state index in [1.807, 2.05) is 18.2 Å². The van der Waals surface area contributed by atoms with Crippen LogP contribution in [0.25, 0.3) is 0 Å². The molecule has 1 aromatic heterocycles. The number of likely N-dealkylation sites (N-methyl/N-ethyl adjacent to an activating group) is 1. The van der Waals surface area contributed by atoms with Gasteiger partial charge in [0.2, 0.25) is 5.89 Å². The number of piperidine rings is 1. The van der Waals surface area contributed by atoms with Crippen molar-refractivity contribution in [3.05, 3.63) is 47.6 Å². The molecule has 4 rings (SSSR count). The highest BCUT2D eigenvalue weighted by Crippen LogP contribution is 2.36. The molecule has 0 spiro atoms. The minimum atomic E-state index is 0.348. The molecular weight excluding hydrogens is 348 g/mol. The maximum atomic E-state index is 5.56. The zero-order valence-electron chi connectivity index (χ0n) is 17.3. The third kappa shape index (κ3) is 4.81. The molecule has 0 amide bonds. The molecule has 28 heavy (non-hydrogen) atoms. The Hall–Kier alpha value is -1.72. The van der Waals surface area contributed by atoms with Crippen molar-refractivity contribution in [3.63, 3.8) is 0 Å². The molecule has 1 aliphatic heterocycles. The highest BCUT2D eigenvalue weighted by molar-refractivity contribution is 5.18. The Balaban J connectivity index is 1.37. The molecule has 0 unspecified atom stereocenters. The molecule has 0 radical (unpaired) electrons. The molecule has 0 N–H and O–H groups in total. The minimum Gasteiger partial charge on any atom is -0.338 e. The van der Waals surface area contributed by atoms with E-state index >= 15 is 0 Å². The average molecular weight is 383 g/mol. The van der Waals surface area contributed by atoms with E-state index in [1.165, 1.54) is 70.0 Å². The van der Waals surface area contributed by atoms with Gasteiger partial charge in [0.1, 0.15) is 0 Å². The lowest BCUT2D eigenvalue weighted by atomic mass is 9.79. The zero-order chi connectivity index (χ0) is 19.2. The Morgan fingerprint density at radius 3 is 2.46 bits per heavy atom. The SMILES string of the molecule is CN(Cc1nc(Cc2ccccc2)no1)CC1(N2CCCCC2)CCCCC1. The van der Waals surface area contributed by atoms with Crippen molar-refractivity contribution in [2.24, 2.45) is 0 Å². The third-order valence-electron chi connectivity index (χ3n) is 6.50. The van der Waals surface area contributed by atoms with Crippen molar-refractivity contribution in [2.45, 2.75) is 69.9 Å². The average Bonchev–Trinajstić information content (AvgIpc) is 3.16. The second kappa shape index (κ2) is 9.19. The summed E-state index contributed by atoms with van der Waals surface area (Å²) in [5.74, 6) is 1.51. The first-order chi connectivity index (χ1) is 13.7. The summed E-state index contributed by atoms with van der Waals surface area (Å²) in [4.78, 5) is 9.85. The van der Waals surface area contributed by atoms with Gasteiger partial charge in [0.05, 0.1) is 6.54 Å². The summed E-state index contributed by atoms with van der Waals surface area (Å²) in [6.45, 7) is 4.38. The van der Waals surface area contributed by atoms with E-state index in [4.69, 9.17) is 4.52 Å². The van der Waals surface area contributed by atoms with Gasteiger partial charge in [-0.1, -0.05) is 61.2 Å². The molecule has 0 atom stereocenters. The van der Waals surface area contributed by atoms with Crippen molar-refractivity contribution in [2.75, 3.05) is 26.7 Å². The molecule has 152 valence electrons. The molecule has 2 heterocycles. The zero-order valence-corrected chi connectivity index (χ0v) is 17.3. The largest absolute Gasteiger partial charge is 0.338 e. The third-order valence-corrected chi connectivity index (χ3v) is 6.50. The van der Waals surface area contributed by atoms with Crippen LogP contribution in [0.15, 0.2) is 34.9 Å². The summed E-state index contributed by atoms with van der Waals surface area (Å²) in [5, 5.41) is 4.20. The Labute approximate surface area is 169 Å². The Morgan fingerprint density at radius 1 is 1.00 bits per heavy atom. The highest BCUT2D eigenvalue weighted by Gasteiger charge is 2.39. The molecule has 2 aromatic rings.